The summed E-state index contributed by atoms with van der Waals surface area (Å²) in [5, 5.41) is 3.57. The maximum Gasteiger partial charge on any atom is 0.0549 e. The molecule has 16 heavy (non-hydrogen) atoms. The van der Waals surface area contributed by atoms with Crippen molar-refractivity contribution >= 4 is 11.4 Å². The average Bonchev–Trinajstić information content (AvgIpc) is 2.45. The first-order chi connectivity index (χ1) is 7.75. The van der Waals surface area contributed by atoms with Gasteiger partial charge in [-0.2, -0.15) is 0 Å². The smallest absolute Gasteiger partial charge is 0.0549 e. The Morgan fingerprint density at radius 1 is 1.25 bits per heavy atom. The van der Waals surface area contributed by atoms with Crippen LogP contribution in [0.4, 0.5) is 11.4 Å². The predicted molar refractivity (Wildman–Crippen MR) is 68.3 cm³/mol. The van der Waals surface area contributed by atoms with Crippen molar-refractivity contribution in [2.45, 2.75) is 45.1 Å². The van der Waals surface area contributed by atoms with Gasteiger partial charge in [-0.05, 0) is 24.8 Å². The zero-order valence-electron chi connectivity index (χ0n) is 9.95. The fourth-order valence-corrected chi connectivity index (χ4v) is 2.46. The summed E-state index contributed by atoms with van der Waals surface area (Å²) >= 11 is 0. The lowest BCUT2D eigenvalue weighted by molar-refractivity contribution is 0.456. The lowest BCUT2D eigenvalue weighted by Gasteiger charge is -2.23. The van der Waals surface area contributed by atoms with Gasteiger partial charge < -0.3 is 11.1 Å². The molecule has 2 unspecified atom stereocenters. The number of nitrogens with one attached hydrogen (secondary N) is 1. The highest BCUT2D eigenvalue weighted by Gasteiger charge is 2.19. The van der Waals surface area contributed by atoms with Gasteiger partial charge >= 0.3 is 0 Å². The fourth-order valence-electron chi connectivity index (χ4n) is 2.46. The Bertz CT molecular complexity index is 338. The van der Waals surface area contributed by atoms with E-state index in [1.165, 1.54) is 32.1 Å². The Labute approximate surface area is 97.5 Å². The molecule has 1 saturated carbocycles. The van der Waals surface area contributed by atoms with E-state index in [4.69, 9.17) is 5.73 Å². The molecule has 0 aromatic carbocycles. The van der Waals surface area contributed by atoms with E-state index in [1.807, 2.05) is 12.3 Å². The third-order valence-electron chi connectivity index (χ3n) is 3.47. The lowest BCUT2D eigenvalue weighted by Crippen LogP contribution is -2.26. The minimum atomic E-state index is 0.575. The standard InChI is InChI=1S/C13H21N3/c1-10-5-3-2-4-6-13(10)16-12-7-11(14)8-15-9-12/h7-10,13,16H,2-6,14H2,1H3. The fraction of sp³-hybridized carbons (Fsp3) is 0.615. The number of aromatic nitrogens is 1. The Balaban J connectivity index is 2.02. The second-order valence-corrected chi connectivity index (χ2v) is 4.87. The summed E-state index contributed by atoms with van der Waals surface area (Å²) in [6.07, 6.45) is 10.2. The molecule has 0 saturated heterocycles. The van der Waals surface area contributed by atoms with Crippen molar-refractivity contribution in [1.29, 1.82) is 0 Å². The molecule has 0 aliphatic heterocycles. The predicted octanol–water partition coefficient (Wildman–Crippen LogP) is 3.04. The molecule has 1 fully saturated rings. The Kier molecular flexibility index (Phi) is 3.65. The van der Waals surface area contributed by atoms with E-state index in [-0.39, 0.29) is 0 Å². The van der Waals surface area contributed by atoms with Gasteiger partial charge in [0.25, 0.3) is 0 Å². The summed E-state index contributed by atoms with van der Waals surface area (Å²) in [4.78, 5) is 4.11. The molecule has 0 spiro atoms. The number of pyridine rings is 1. The topological polar surface area (TPSA) is 50.9 Å². The van der Waals surface area contributed by atoms with E-state index < -0.39 is 0 Å². The maximum atomic E-state index is 5.73. The van der Waals surface area contributed by atoms with Crippen LogP contribution in [0, 0.1) is 5.92 Å². The summed E-state index contributed by atoms with van der Waals surface area (Å²) in [5.74, 6) is 0.740. The molecule has 88 valence electrons. The molecule has 1 aromatic heterocycles. The summed E-state index contributed by atoms with van der Waals surface area (Å²) in [7, 11) is 0. The number of hydrogen-bond donors (Lipinski definition) is 2. The van der Waals surface area contributed by atoms with Crippen molar-refractivity contribution in [3.63, 3.8) is 0 Å². The number of nitrogens with zero attached hydrogens (tertiary/aromatic N) is 1. The molecular formula is C13H21N3. The van der Waals surface area contributed by atoms with E-state index in [9.17, 15) is 0 Å². The monoisotopic (exact) mass is 219 g/mol. The molecule has 1 aromatic rings. The van der Waals surface area contributed by atoms with Crippen molar-refractivity contribution in [3.8, 4) is 0 Å². The van der Waals surface area contributed by atoms with Gasteiger partial charge in [0, 0.05) is 12.2 Å². The van der Waals surface area contributed by atoms with Crippen LogP contribution >= 0.6 is 0 Å². The van der Waals surface area contributed by atoms with E-state index >= 15 is 0 Å². The summed E-state index contributed by atoms with van der Waals surface area (Å²) in [5.41, 5.74) is 7.51. The van der Waals surface area contributed by atoms with Gasteiger partial charge in [-0.1, -0.05) is 26.2 Å². The van der Waals surface area contributed by atoms with Crippen LogP contribution in [0.25, 0.3) is 0 Å². The van der Waals surface area contributed by atoms with Crippen molar-refractivity contribution in [2.24, 2.45) is 5.92 Å². The summed E-state index contributed by atoms with van der Waals surface area (Å²) in [6.45, 7) is 2.34. The highest BCUT2D eigenvalue weighted by molar-refractivity contribution is 5.51. The largest absolute Gasteiger partial charge is 0.397 e. The van der Waals surface area contributed by atoms with Crippen molar-refractivity contribution in [3.05, 3.63) is 18.5 Å². The van der Waals surface area contributed by atoms with Crippen LogP contribution in [-0.2, 0) is 0 Å². The zero-order chi connectivity index (χ0) is 11.4. The summed E-state index contributed by atoms with van der Waals surface area (Å²) < 4.78 is 0. The first-order valence-corrected chi connectivity index (χ1v) is 6.23. The number of rotatable bonds is 2. The quantitative estimate of drug-likeness (QED) is 0.752. The first kappa shape index (κ1) is 11.2. The Morgan fingerprint density at radius 3 is 2.88 bits per heavy atom. The van der Waals surface area contributed by atoms with E-state index in [0.29, 0.717) is 6.04 Å². The van der Waals surface area contributed by atoms with Crippen LogP contribution in [0.2, 0.25) is 0 Å². The first-order valence-electron chi connectivity index (χ1n) is 6.23. The molecule has 3 heteroatoms. The Hall–Kier alpha value is -1.25. The normalized spacial score (nSPS) is 26.1. The van der Waals surface area contributed by atoms with Crippen molar-refractivity contribution in [2.75, 3.05) is 11.1 Å². The van der Waals surface area contributed by atoms with E-state index in [0.717, 1.165) is 17.3 Å². The highest BCUT2D eigenvalue weighted by atomic mass is 14.9. The number of anilines is 2. The number of nitrogens with two attached hydrogens (primary N) is 1. The number of nitrogen functional groups attached to an aromatic ring is 1. The summed E-state index contributed by atoms with van der Waals surface area (Å²) in [6, 6.07) is 2.54. The van der Waals surface area contributed by atoms with Gasteiger partial charge in [0.2, 0.25) is 0 Å². The maximum absolute atomic E-state index is 5.73. The Morgan fingerprint density at radius 2 is 2.06 bits per heavy atom. The van der Waals surface area contributed by atoms with E-state index in [1.54, 1.807) is 6.20 Å². The molecule has 3 N–H and O–H groups in total. The highest BCUT2D eigenvalue weighted by Crippen LogP contribution is 2.26. The molecule has 1 heterocycles. The third-order valence-corrected chi connectivity index (χ3v) is 3.47. The van der Waals surface area contributed by atoms with Crippen molar-refractivity contribution in [1.82, 2.24) is 4.98 Å². The van der Waals surface area contributed by atoms with Crippen LogP contribution < -0.4 is 11.1 Å². The zero-order valence-corrected chi connectivity index (χ0v) is 9.95. The second kappa shape index (κ2) is 5.19. The lowest BCUT2D eigenvalue weighted by atomic mass is 9.97. The van der Waals surface area contributed by atoms with E-state index in [2.05, 4.69) is 17.2 Å². The molecule has 0 radical (unpaired) electrons. The minimum Gasteiger partial charge on any atom is -0.397 e. The van der Waals surface area contributed by atoms with Gasteiger partial charge in [0.05, 0.1) is 17.6 Å². The molecule has 1 aliphatic rings. The SMILES string of the molecule is CC1CCCCCC1Nc1cncc(N)c1. The third kappa shape index (κ3) is 2.87. The molecule has 2 atom stereocenters. The van der Waals surface area contributed by atoms with Crippen molar-refractivity contribution < 1.29 is 0 Å². The van der Waals surface area contributed by atoms with Gasteiger partial charge in [-0.15, -0.1) is 0 Å². The van der Waals surface area contributed by atoms with Crippen LogP contribution in [0.1, 0.15) is 39.0 Å². The van der Waals surface area contributed by atoms with Gasteiger partial charge in [0.15, 0.2) is 0 Å². The molecule has 2 rings (SSSR count). The molecule has 3 nitrogen and oxygen atoms in total. The van der Waals surface area contributed by atoms with Gasteiger partial charge in [-0.25, -0.2) is 0 Å². The van der Waals surface area contributed by atoms with Crippen LogP contribution in [0.3, 0.4) is 0 Å². The van der Waals surface area contributed by atoms with Crippen LogP contribution in [0.5, 0.6) is 0 Å². The van der Waals surface area contributed by atoms with Gasteiger partial charge in [-0.3, -0.25) is 4.98 Å². The van der Waals surface area contributed by atoms with Crippen LogP contribution in [-0.4, -0.2) is 11.0 Å². The number of hydrogen-bond acceptors (Lipinski definition) is 3. The second-order valence-electron chi connectivity index (χ2n) is 4.87. The molecular weight excluding hydrogens is 198 g/mol. The van der Waals surface area contributed by atoms with Crippen LogP contribution in [0.15, 0.2) is 18.5 Å². The molecule has 0 amide bonds. The van der Waals surface area contributed by atoms with Gasteiger partial charge in [0.1, 0.15) is 0 Å². The minimum absolute atomic E-state index is 0.575. The average molecular weight is 219 g/mol. The molecule has 0 bridgehead atoms. The molecule has 1 aliphatic carbocycles.